The minimum atomic E-state index is 0.227. The predicted octanol–water partition coefficient (Wildman–Crippen LogP) is 4.29. The molecule has 0 spiro atoms. The van der Waals surface area contributed by atoms with Gasteiger partial charge >= 0.3 is 0 Å². The van der Waals surface area contributed by atoms with Crippen LogP contribution in [-0.2, 0) is 0 Å². The zero-order valence-electron chi connectivity index (χ0n) is 11.7. The molecule has 1 aromatic rings. The van der Waals surface area contributed by atoms with Gasteiger partial charge in [-0.05, 0) is 24.0 Å². The molecule has 0 aromatic heterocycles. The lowest BCUT2D eigenvalue weighted by Gasteiger charge is -2.33. The smallest absolute Gasteiger partial charge is 0.0437 e. The van der Waals surface area contributed by atoms with Gasteiger partial charge in [-0.1, -0.05) is 61.6 Å². The highest BCUT2D eigenvalue weighted by atomic mass is 15.1. The first-order valence-corrected chi connectivity index (χ1v) is 7.01. The fourth-order valence-corrected chi connectivity index (χ4v) is 3.25. The Hall–Kier alpha value is -1.76. The highest BCUT2D eigenvalue weighted by Gasteiger charge is 2.28. The van der Waals surface area contributed by atoms with Gasteiger partial charge in [-0.2, -0.15) is 0 Å². The summed E-state index contributed by atoms with van der Waals surface area (Å²) in [7, 11) is 2.20. The molecule has 2 bridgehead atoms. The van der Waals surface area contributed by atoms with Gasteiger partial charge in [0.05, 0.1) is 0 Å². The first kappa shape index (κ1) is 12.3. The van der Waals surface area contributed by atoms with Crippen LogP contribution in [0.2, 0.25) is 0 Å². The van der Waals surface area contributed by atoms with Crippen LogP contribution in [0.4, 0.5) is 5.69 Å². The van der Waals surface area contributed by atoms with Crippen molar-refractivity contribution in [2.75, 3.05) is 18.5 Å². The predicted molar refractivity (Wildman–Crippen MR) is 83.2 cm³/mol. The molecule has 2 aliphatic rings. The van der Waals surface area contributed by atoms with Crippen LogP contribution < -0.4 is 4.90 Å². The lowest BCUT2D eigenvalue weighted by atomic mass is 9.81. The van der Waals surface area contributed by atoms with Gasteiger partial charge in [0.15, 0.2) is 0 Å². The summed E-state index contributed by atoms with van der Waals surface area (Å²) in [6.45, 7) is 3.42. The van der Waals surface area contributed by atoms with Crippen LogP contribution in [0.3, 0.4) is 0 Å². The second-order valence-corrected chi connectivity index (χ2v) is 6.04. The number of rotatable bonds is 0. The Kier molecular flexibility index (Phi) is 3.06. The van der Waals surface area contributed by atoms with Crippen LogP contribution >= 0.6 is 0 Å². The van der Waals surface area contributed by atoms with Crippen LogP contribution in [0.15, 0.2) is 54.6 Å². The summed E-state index contributed by atoms with van der Waals surface area (Å²) in [5.74, 6) is 0.527. The van der Waals surface area contributed by atoms with E-state index in [-0.39, 0.29) is 5.41 Å². The van der Waals surface area contributed by atoms with Crippen molar-refractivity contribution in [1.29, 1.82) is 0 Å². The normalized spacial score (nSPS) is 30.8. The number of anilines is 1. The van der Waals surface area contributed by atoms with E-state index in [0.29, 0.717) is 5.92 Å². The highest BCUT2D eigenvalue weighted by Crippen LogP contribution is 2.36. The van der Waals surface area contributed by atoms with Crippen molar-refractivity contribution < 1.29 is 0 Å². The van der Waals surface area contributed by atoms with Crippen molar-refractivity contribution >= 4 is 11.8 Å². The van der Waals surface area contributed by atoms with Gasteiger partial charge in [0.2, 0.25) is 0 Å². The van der Waals surface area contributed by atoms with Gasteiger partial charge < -0.3 is 4.90 Å². The quantitative estimate of drug-likeness (QED) is 0.665. The Morgan fingerprint density at radius 3 is 2.89 bits per heavy atom. The molecule has 98 valence electrons. The summed E-state index contributed by atoms with van der Waals surface area (Å²) >= 11 is 0. The molecule has 2 atom stereocenters. The lowest BCUT2D eigenvalue weighted by Crippen LogP contribution is -2.33. The molecule has 0 N–H and O–H groups in total. The second kappa shape index (κ2) is 4.73. The third-order valence-electron chi connectivity index (χ3n) is 4.14. The van der Waals surface area contributed by atoms with Gasteiger partial charge in [-0.3, -0.25) is 0 Å². The highest BCUT2D eigenvalue weighted by molar-refractivity contribution is 5.68. The van der Waals surface area contributed by atoms with Crippen LogP contribution in [-0.4, -0.2) is 13.6 Å². The van der Waals surface area contributed by atoms with Crippen molar-refractivity contribution in [2.24, 2.45) is 11.3 Å². The summed E-state index contributed by atoms with van der Waals surface area (Å²) in [5.41, 5.74) is 2.87. The topological polar surface area (TPSA) is 3.24 Å². The fraction of sp³-hybridized carbons (Fsp3) is 0.333. The van der Waals surface area contributed by atoms with Gasteiger partial charge in [-0.15, -0.1) is 0 Å². The molecular formula is C18H21N. The molecule has 1 aliphatic carbocycles. The maximum atomic E-state index is 2.39. The molecule has 1 aliphatic heterocycles. The van der Waals surface area contributed by atoms with Crippen LogP contribution in [0.5, 0.6) is 0 Å². The van der Waals surface area contributed by atoms with Gasteiger partial charge in [0, 0.05) is 24.7 Å². The largest absolute Gasteiger partial charge is 0.373 e. The summed E-state index contributed by atoms with van der Waals surface area (Å²) in [6, 6.07) is 8.65. The van der Waals surface area contributed by atoms with Crippen molar-refractivity contribution in [2.45, 2.75) is 13.3 Å². The maximum Gasteiger partial charge on any atom is 0.0437 e. The van der Waals surface area contributed by atoms with Crippen molar-refractivity contribution in [3.05, 3.63) is 60.2 Å². The average Bonchev–Trinajstić information content (AvgIpc) is 2.55. The Bertz CT molecular complexity index is 553. The molecule has 3 rings (SSSR count). The number of benzene rings is 1. The van der Waals surface area contributed by atoms with E-state index in [2.05, 4.69) is 79.6 Å². The van der Waals surface area contributed by atoms with Crippen LogP contribution in [0, 0.1) is 11.3 Å². The van der Waals surface area contributed by atoms with Gasteiger partial charge in [-0.25, -0.2) is 0 Å². The van der Waals surface area contributed by atoms with E-state index in [4.69, 9.17) is 0 Å². The molecule has 1 heteroatoms. The minimum absolute atomic E-state index is 0.227. The Morgan fingerprint density at radius 2 is 2.00 bits per heavy atom. The van der Waals surface area contributed by atoms with Crippen LogP contribution in [0.25, 0.3) is 6.08 Å². The summed E-state index contributed by atoms with van der Waals surface area (Å²) in [6.07, 6.45) is 14.9. The number of nitrogens with zero attached hydrogens (tertiary/aromatic N) is 1. The molecule has 1 aromatic carbocycles. The summed E-state index contributed by atoms with van der Waals surface area (Å²) < 4.78 is 0. The van der Waals surface area contributed by atoms with Crippen molar-refractivity contribution in [1.82, 2.24) is 0 Å². The number of hydrogen-bond donors (Lipinski definition) is 0. The van der Waals surface area contributed by atoms with Crippen molar-refractivity contribution in [3.8, 4) is 0 Å². The number of para-hydroxylation sites is 1. The monoisotopic (exact) mass is 251 g/mol. The van der Waals surface area contributed by atoms with Gasteiger partial charge in [0.25, 0.3) is 0 Å². The fourth-order valence-electron chi connectivity index (χ4n) is 3.25. The van der Waals surface area contributed by atoms with E-state index in [9.17, 15) is 0 Å². The molecule has 0 amide bonds. The zero-order chi connectivity index (χ0) is 13.3. The molecule has 0 saturated heterocycles. The zero-order valence-corrected chi connectivity index (χ0v) is 11.7. The molecular weight excluding hydrogens is 230 g/mol. The van der Waals surface area contributed by atoms with E-state index < -0.39 is 0 Å². The maximum absolute atomic E-state index is 2.39. The average molecular weight is 251 g/mol. The third kappa shape index (κ3) is 2.51. The molecule has 0 saturated carbocycles. The van der Waals surface area contributed by atoms with Crippen LogP contribution in [0.1, 0.15) is 18.9 Å². The summed E-state index contributed by atoms with van der Waals surface area (Å²) in [4.78, 5) is 2.39. The first-order chi connectivity index (χ1) is 9.16. The Morgan fingerprint density at radius 1 is 1.16 bits per heavy atom. The van der Waals surface area contributed by atoms with E-state index in [1.807, 2.05) is 0 Å². The second-order valence-electron chi connectivity index (χ2n) is 6.04. The van der Waals surface area contributed by atoms with Gasteiger partial charge in [0.1, 0.15) is 0 Å². The standard InChI is InChI=1S/C18H21N/c1-18-12-6-5-7-15(13-18)10-11-16-8-3-4-9-17(16)19(2)14-18/h3-12,15H,13-14H2,1-2H3/b11-10-. The minimum Gasteiger partial charge on any atom is -0.373 e. The molecule has 0 fully saturated rings. The molecule has 0 radical (unpaired) electrons. The molecule has 2 unspecified atom stereocenters. The number of hydrogen-bond acceptors (Lipinski definition) is 1. The Balaban J connectivity index is 2.07. The molecule has 1 heterocycles. The number of fused-ring (bicyclic) bond motifs is 3. The van der Waals surface area contributed by atoms with E-state index in [1.165, 1.54) is 17.7 Å². The SMILES string of the molecule is CN1CC2(C)C=CC=CC(/C=C\c3ccccc31)C2. The van der Waals surface area contributed by atoms with E-state index >= 15 is 0 Å². The molecule has 19 heavy (non-hydrogen) atoms. The molecule has 1 nitrogen and oxygen atoms in total. The lowest BCUT2D eigenvalue weighted by molar-refractivity contribution is 0.373. The van der Waals surface area contributed by atoms with Crippen molar-refractivity contribution in [3.63, 3.8) is 0 Å². The first-order valence-electron chi connectivity index (χ1n) is 7.01. The van der Waals surface area contributed by atoms with E-state index in [0.717, 1.165) is 6.54 Å². The third-order valence-corrected chi connectivity index (χ3v) is 4.14. The van der Waals surface area contributed by atoms with E-state index in [1.54, 1.807) is 0 Å². The Labute approximate surface area is 115 Å². The summed E-state index contributed by atoms with van der Waals surface area (Å²) in [5, 5.41) is 0. The number of allylic oxidation sites excluding steroid dienone is 4.